The lowest BCUT2D eigenvalue weighted by molar-refractivity contribution is -0.131. The molecule has 0 unspecified atom stereocenters. The molecule has 0 fully saturated rings. The van der Waals surface area contributed by atoms with Crippen molar-refractivity contribution in [1.29, 1.82) is 0 Å². The van der Waals surface area contributed by atoms with E-state index in [-0.39, 0.29) is 5.91 Å². The van der Waals surface area contributed by atoms with Gasteiger partial charge >= 0.3 is 0 Å². The minimum absolute atomic E-state index is 0.184. The molecule has 0 atom stereocenters. The van der Waals surface area contributed by atoms with E-state index in [9.17, 15) is 4.79 Å². The number of amides is 1. The summed E-state index contributed by atoms with van der Waals surface area (Å²) in [6.07, 6.45) is 0.511. The molecule has 0 aliphatic rings. The van der Waals surface area contributed by atoms with E-state index in [2.05, 4.69) is 17.4 Å². The van der Waals surface area contributed by atoms with E-state index in [0.29, 0.717) is 19.5 Å². The van der Waals surface area contributed by atoms with Crippen molar-refractivity contribution >= 4 is 5.91 Å². The van der Waals surface area contributed by atoms with Crippen molar-refractivity contribution in [2.75, 3.05) is 20.2 Å². The fourth-order valence-corrected chi connectivity index (χ4v) is 2.51. The van der Waals surface area contributed by atoms with E-state index in [1.54, 1.807) is 7.11 Å². The number of nitrogens with one attached hydrogen (secondary N) is 1. The maximum absolute atomic E-state index is 12.3. The van der Waals surface area contributed by atoms with E-state index in [4.69, 9.17) is 4.74 Å². The SMILES string of the molecule is CCN(Cc1ccccc1)C(=O)CCNCc1ccc(OC)cc1. The third-order valence-corrected chi connectivity index (χ3v) is 3.95. The molecule has 0 aromatic heterocycles. The molecule has 0 heterocycles. The van der Waals surface area contributed by atoms with Gasteiger partial charge in [-0.2, -0.15) is 0 Å². The zero-order valence-corrected chi connectivity index (χ0v) is 14.5. The van der Waals surface area contributed by atoms with Gasteiger partial charge in [-0.1, -0.05) is 42.5 Å². The molecule has 4 nitrogen and oxygen atoms in total. The van der Waals surface area contributed by atoms with Crippen LogP contribution in [0.4, 0.5) is 0 Å². The van der Waals surface area contributed by atoms with Crippen LogP contribution >= 0.6 is 0 Å². The molecule has 2 aromatic carbocycles. The highest BCUT2D eigenvalue weighted by Gasteiger charge is 2.11. The summed E-state index contributed by atoms with van der Waals surface area (Å²) in [5, 5.41) is 3.32. The summed E-state index contributed by atoms with van der Waals surface area (Å²) < 4.78 is 5.14. The van der Waals surface area contributed by atoms with Gasteiger partial charge in [-0.05, 0) is 30.2 Å². The van der Waals surface area contributed by atoms with Crippen LogP contribution in [-0.4, -0.2) is 31.0 Å². The van der Waals surface area contributed by atoms with Gasteiger partial charge in [0, 0.05) is 32.6 Å². The van der Waals surface area contributed by atoms with Crippen molar-refractivity contribution in [2.24, 2.45) is 0 Å². The van der Waals surface area contributed by atoms with Crippen molar-refractivity contribution in [3.05, 3.63) is 65.7 Å². The molecule has 24 heavy (non-hydrogen) atoms. The quantitative estimate of drug-likeness (QED) is 0.719. The number of ether oxygens (including phenoxy) is 1. The second-order valence-electron chi connectivity index (χ2n) is 5.67. The summed E-state index contributed by atoms with van der Waals surface area (Å²) in [6.45, 7) is 4.85. The standard InChI is InChI=1S/C20H26N2O2/c1-3-22(16-18-7-5-4-6-8-18)20(23)13-14-21-15-17-9-11-19(24-2)12-10-17/h4-12,21H,3,13-16H2,1-2H3. The van der Waals surface area contributed by atoms with E-state index < -0.39 is 0 Å². The van der Waals surface area contributed by atoms with Crippen LogP contribution in [-0.2, 0) is 17.9 Å². The second kappa shape index (κ2) is 9.73. The molecule has 0 saturated carbocycles. The third kappa shape index (κ3) is 5.70. The summed E-state index contributed by atoms with van der Waals surface area (Å²) in [4.78, 5) is 14.2. The van der Waals surface area contributed by atoms with Crippen LogP contribution in [0.25, 0.3) is 0 Å². The maximum Gasteiger partial charge on any atom is 0.224 e. The van der Waals surface area contributed by atoms with Gasteiger partial charge in [0.1, 0.15) is 5.75 Å². The minimum Gasteiger partial charge on any atom is -0.497 e. The molecule has 0 spiro atoms. The first-order valence-electron chi connectivity index (χ1n) is 8.38. The van der Waals surface area contributed by atoms with E-state index >= 15 is 0 Å². The molecule has 1 N–H and O–H groups in total. The monoisotopic (exact) mass is 326 g/mol. The molecule has 0 radical (unpaired) electrons. The van der Waals surface area contributed by atoms with Crippen LogP contribution in [0.5, 0.6) is 5.75 Å². The Balaban J connectivity index is 1.72. The van der Waals surface area contributed by atoms with Crippen LogP contribution in [0, 0.1) is 0 Å². The summed E-state index contributed by atoms with van der Waals surface area (Å²) in [5.74, 6) is 1.04. The molecule has 0 aliphatic heterocycles. The Morgan fingerprint density at radius 2 is 1.75 bits per heavy atom. The van der Waals surface area contributed by atoms with E-state index in [0.717, 1.165) is 18.8 Å². The highest BCUT2D eigenvalue weighted by molar-refractivity contribution is 5.76. The van der Waals surface area contributed by atoms with E-state index in [1.165, 1.54) is 11.1 Å². The van der Waals surface area contributed by atoms with Crippen LogP contribution in [0.1, 0.15) is 24.5 Å². The van der Waals surface area contributed by atoms with Gasteiger partial charge in [0.15, 0.2) is 0 Å². The Morgan fingerprint density at radius 3 is 2.38 bits per heavy atom. The first kappa shape index (κ1) is 18.0. The van der Waals surface area contributed by atoms with Crippen LogP contribution < -0.4 is 10.1 Å². The van der Waals surface area contributed by atoms with E-state index in [1.807, 2.05) is 54.3 Å². The maximum atomic E-state index is 12.3. The van der Waals surface area contributed by atoms with Gasteiger partial charge in [0.2, 0.25) is 5.91 Å². The van der Waals surface area contributed by atoms with Gasteiger partial charge in [0.05, 0.1) is 7.11 Å². The Morgan fingerprint density at radius 1 is 1.04 bits per heavy atom. The van der Waals surface area contributed by atoms with Crippen LogP contribution in [0.15, 0.2) is 54.6 Å². The first-order valence-corrected chi connectivity index (χ1v) is 8.38. The Labute approximate surface area is 144 Å². The third-order valence-electron chi connectivity index (χ3n) is 3.95. The van der Waals surface area contributed by atoms with Crippen LogP contribution in [0.3, 0.4) is 0 Å². The van der Waals surface area contributed by atoms with Gasteiger partial charge in [-0.15, -0.1) is 0 Å². The number of hydrogen-bond acceptors (Lipinski definition) is 3. The number of benzene rings is 2. The Kier molecular flexibility index (Phi) is 7.30. The molecule has 128 valence electrons. The molecule has 1 amide bonds. The molecular weight excluding hydrogens is 300 g/mol. The van der Waals surface area contributed by atoms with Crippen LogP contribution in [0.2, 0.25) is 0 Å². The average Bonchev–Trinajstić information content (AvgIpc) is 2.64. The predicted octanol–water partition coefficient (Wildman–Crippen LogP) is 3.22. The summed E-state index contributed by atoms with van der Waals surface area (Å²) in [6, 6.07) is 18.1. The highest BCUT2D eigenvalue weighted by atomic mass is 16.5. The molecule has 4 heteroatoms. The number of hydrogen-bond donors (Lipinski definition) is 1. The fourth-order valence-electron chi connectivity index (χ4n) is 2.51. The van der Waals surface area contributed by atoms with Crippen molar-refractivity contribution in [3.8, 4) is 5.75 Å². The number of carbonyl (C=O) groups is 1. The van der Waals surface area contributed by atoms with Gasteiger partial charge in [0.25, 0.3) is 0 Å². The van der Waals surface area contributed by atoms with Gasteiger partial charge < -0.3 is 15.0 Å². The average molecular weight is 326 g/mol. The topological polar surface area (TPSA) is 41.6 Å². The number of carbonyl (C=O) groups excluding carboxylic acids is 1. The lowest BCUT2D eigenvalue weighted by Crippen LogP contribution is -2.32. The molecule has 0 aliphatic carbocycles. The largest absolute Gasteiger partial charge is 0.497 e. The normalized spacial score (nSPS) is 10.4. The van der Waals surface area contributed by atoms with Crippen molar-refractivity contribution in [1.82, 2.24) is 10.2 Å². The Bertz CT molecular complexity index is 611. The highest BCUT2D eigenvalue weighted by Crippen LogP contribution is 2.11. The van der Waals surface area contributed by atoms with Crippen molar-refractivity contribution < 1.29 is 9.53 Å². The molecular formula is C20H26N2O2. The number of nitrogens with zero attached hydrogens (tertiary/aromatic N) is 1. The first-order chi connectivity index (χ1) is 11.7. The summed E-state index contributed by atoms with van der Waals surface area (Å²) in [5.41, 5.74) is 2.35. The lowest BCUT2D eigenvalue weighted by atomic mass is 10.2. The zero-order valence-electron chi connectivity index (χ0n) is 14.5. The Hall–Kier alpha value is -2.33. The minimum atomic E-state index is 0.184. The second-order valence-corrected chi connectivity index (χ2v) is 5.67. The number of methoxy groups -OCH3 is 1. The molecule has 2 aromatic rings. The number of rotatable bonds is 9. The van der Waals surface area contributed by atoms with Gasteiger partial charge in [-0.25, -0.2) is 0 Å². The predicted molar refractivity (Wildman–Crippen MR) is 96.9 cm³/mol. The summed E-state index contributed by atoms with van der Waals surface area (Å²) >= 11 is 0. The molecule has 2 rings (SSSR count). The smallest absolute Gasteiger partial charge is 0.224 e. The zero-order chi connectivity index (χ0) is 17.2. The van der Waals surface area contributed by atoms with Gasteiger partial charge in [-0.3, -0.25) is 4.79 Å². The van der Waals surface area contributed by atoms with Crippen molar-refractivity contribution in [2.45, 2.75) is 26.4 Å². The van der Waals surface area contributed by atoms with Crippen molar-refractivity contribution in [3.63, 3.8) is 0 Å². The summed E-state index contributed by atoms with van der Waals surface area (Å²) in [7, 11) is 1.66. The lowest BCUT2D eigenvalue weighted by Gasteiger charge is -2.21. The fraction of sp³-hybridized carbons (Fsp3) is 0.350. The molecule has 0 bridgehead atoms. The molecule has 0 saturated heterocycles.